The van der Waals surface area contributed by atoms with Gasteiger partial charge >= 0.3 is 0 Å². The van der Waals surface area contributed by atoms with Crippen LogP contribution in [0.2, 0.25) is 0 Å². The van der Waals surface area contributed by atoms with E-state index in [2.05, 4.69) is 52.2 Å². The first-order valence-corrected chi connectivity index (χ1v) is 10.2. The Morgan fingerprint density at radius 3 is 1.48 bits per heavy atom. The van der Waals surface area contributed by atoms with Crippen molar-refractivity contribution in [3.8, 4) is 0 Å². The molecular weight excluding hydrogens is 360 g/mol. The lowest BCUT2D eigenvalue weighted by atomic mass is 9.86. The second-order valence-electron chi connectivity index (χ2n) is 9.74. The van der Waals surface area contributed by atoms with Crippen molar-refractivity contribution < 1.29 is 9.59 Å². The minimum Gasteiger partial charge on any atom is -0.350 e. The molecule has 156 valence electrons. The number of benzene rings is 2. The fraction of sp³-hybridized carbons (Fsp3) is 0.440. The Bertz CT molecular complexity index is 838. The van der Waals surface area contributed by atoms with E-state index in [1.54, 1.807) is 0 Å². The van der Waals surface area contributed by atoms with Crippen molar-refractivity contribution in [3.63, 3.8) is 0 Å². The monoisotopic (exact) mass is 394 g/mol. The lowest BCUT2D eigenvalue weighted by molar-refractivity contribution is 0.0912. The molecule has 1 atom stereocenters. The van der Waals surface area contributed by atoms with Crippen LogP contribution in [-0.2, 0) is 10.8 Å². The van der Waals surface area contributed by atoms with Gasteiger partial charge in [-0.1, -0.05) is 65.8 Å². The van der Waals surface area contributed by atoms with Crippen molar-refractivity contribution >= 4 is 11.8 Å². The molecule has 0 spiro atoms. The third-order valence-corrected chi connectivity index (χ3v) is 4.97. The topological polar surface area (TPSA) is 58.2 Å². The summed E-state index contributed by atoms with van der Waals surface area (Å²) in [5, 5.41) is 5.83. The van der Waals surface area contributed by atoms with Gasteiger partial charge in [0.05, 0.1) is 0 Å². The summed E-state index contributed by atoms with van der Waals surface area (Å²) < 4.78 is 0. The van der Waals surface area contributed by atoms with Crippen LogP contribution in [0.15, 0.2) is 48.5 Å². The standard InChI is InChI=1S/C25H34N2O2/c1-17(27-23(29)19-10-14-21(15-11-19)25(5,6)7)16-26-22(28)18-8-12-20(13-9-18)24(2,3)4/h8-15,17H,16H2,1-7H3,(H,26,28)(H,27,29)/t17-/m0/s1. The summed E-state index contributed by atoms with van der Waals surface area (Å²) >= 11 is 0. The number of hydrogen-bond donors (Lipinski definition) is 2. The van der Waals surface area contributed by atoms with Gasteiger partial charge in [0.25, 0.3) is 11.8 Å². The molecule has 0 unspecified atom stereocenters. The lowest BCUT2D eigenvalue weighted by Crippen LogP contribution is -2.41. The van der Waals surface area contributed by atoms with E-state index in [9.17, 15) is 9.59 Å². The Morgan fingerprint density at radius 1 is 0.724 bits per heavy atom. The quantitative estimate of drug-likeness (QED) is 0.763. The lowest BCUT2D eigenvalue weighted by Gasteiger charge is -2.20. The Balaban J connectivity index is 1.88. The van der Waals surface area contributed by atoms with E-state index in [4.69, 9.17) is 0 Å². The van der Waals surface area contributed by atoms with E-state index >= 15 is 0 Å². The van der Waals surface area contributed by atoms with Crippen molar-refractivity contribution in [2.24, 2.45) is 0 Å². The highest BCUT2D eigenvalue weighted by atomic mass is 16.2. The van der Waals surface area contributed by atoms with E-state index in [1.165, 1.54) is 11.1 Å². The van der Waals surface area contributed by atoms with Gasteiger partial charge in [0.15, 0.2) is 0 Å². The molecule has 0 aromatic heterocycles. The number of carbonyl (C=O) groups is 2. The van der Waals surface area contributed by atoms with Crippen LogP contribution in [0.4, 0.5) is 0 Å². The zero-order chi connectivity index (χ0) is 21.8. The Kier molecular flexibility index (Phi) is 6.89. The summed E-state index contributed by atoms with van der Waals surface area (Å²) in [5.41, 5.74) is 3.72. The molecule has 2 aromatic rings. The second kappa shape index (κ2) is 8.81. The van der Waals surface area contributed by atoms with Gasteiger partial charge in [0.1, 0.15) is 0 Å². The van der Waals surface area contributed by atoms with Crippen LogP contribution in [0.1, 0.15) is 80.3 Å². The predicted molar refractivity (Wildman–Crippen MR) is 120 cm³/mol. The molecule has 2 aromatic carbocycles. The average Bonchev–Trinajstić information content (AvgIpc) is 2.65. The maximum Gasteiger partial charge on any atom is 0.251 e. The van der Waals surface area contributed by atoms with E-state index in [0.29, 0.717) is 17.7 Å². The summed E-state index contributed by atoms with van der Waals surface area (Å²) in [4.78, 5) is 24.8. The molecule has 2 N–H and O–H groups in total. The highest BCUT2D eigenvalue weighted by Crippen LogP contribution is 2.23. The summed E-state index contributed by atoms with van der Waals surface area (Å²) in [6.45, 7) is 15.1. The third kappa shape index (κ3) is 6.45. The summed E-state index contributed by atoms with van der Waals surface area (Å²) in [7, 11) is 0. The highest BCUT2D eigenvalue weighted by molar-refractivity contribution is 5.95. The smallest absolute Gasteiger partial charge is 0.251 e. The first-order chi connectivity index (χ1) is 13.4. The average molecular weight is 395 g/mol. The molecule has 0 radical (unpaired) electrons. The minimum absolute atomic E-state index is 0.0532. The molecule has 0 heterocycles. The molecule has 4 heteroatoms. The van der Waals surface area contributed by atoms with Crippen LogP contribution in [-0.4, -0.2) is 24.4 Å². The molecule has 0 saturated carbocycles. The molecule has 0 saturated heterocycles. The molecule has 2 rings (SSSR count). The normalized spacial score (nSPS) is 12.9. The third-order valence-electron chi connectivity index (χ3n) is 4.97. The maximum absolute atomic E-state index is 12.4. The number of nitrogens with one attached hydrogen (secondary N) is 2. The fourth-order valence-electron chi connectivity index (χ4n) is 2.95. The van der Waals surface area contributed by atoms with Crippen LogP contribution in [0.25, 0.3) is 0 Å². The molecule has 4 nitrogen and oxygen atoms in total. The molecule has 0 aliphatic carbocycles. The maximum atomic E-state index is 12.4. The van der Waals surface area contributed by atoms with Crippen molar-refractivity contribution in [3.05, 3.63) is 70.8 Å². The van der Waals surface area contributed by atoms with E-state index in [1.807, 2.05) is 55.5 Å². The van der Waals surface area contributed by atoms with E-state index in [-0.39, 0.29) is 28.7 Å². The largest absolute Gasteiger partial charge is 0.350 e. The van der Waals surface area contributed by atoms with Gasteiger partial charge in [-0.25, -0.2) is 0 Å². The second-order valence-corrected chi connectivity index (χ2v) is 9.74. The van der Waals surface area contributed by atoms with Crippen LogP contribution in [0.5, 0.6) is 0 Å². The van der Waals surface area contributed by atoms with Crippen molar-refractivity contribution in [2.45, 2.75) is 65.3 Å². The molecular formula is C25H34N2O2. The van der Waals surface area contributed by atoms with Gasteiger partial charge in [0.2, 0.25) is 0 Å². The van der Waals surface area contributed by atoms with Gasteiger partial charge in [-0.2, -0.15) is 0 Å². The molecule has 0 aliphatic rings. The SMILES string of the molecule is C[C@@H](CNC(=O)c1ccc(C(C)(C)C)cc1)NC(=O)c1ccc(C(C)(C)C)cc1. The Hall–Kier alpha value is -2.62. The Labute approximate surface area is 175 Å². The summed E-state index contributed by atoms with van der Waals surface area (Å²) in [6.07, 6.45) is 0. The van der Waals surface area contributed by atoms with Crippen LogP contribution < -0.4 is 10.6 Å². The number of amides is 2. The van der Waals surface area contributed by atoms with E-state index < -0.39 is 0 Å². The highest BCUT2D eigenvalue weighted by Gasteiger charge is 2.17. The summed E-state index contributed by atoms with van der Waals surface area (Å²) in [5.74, 6) is -0.275. The number of rotatable bonds is 5. The molecule has 29 heavy (non-hydrogen) atoms. The van der Waals surface area contributed by atoms with Crippen molar-refractivity contribution in [1.29, 1.82) is 0 Å². The zero-order valence-corrected chi connectivity index (χ0v) is 18.7. The summed E-state index contributed by atoms with van der Waals surface area (Å²) in [6, 6.07) is 15.2. The van der Waals surface area contributed by atoms with Gasteiger partial charge in [-0.3, -0.25) is 9.59 Å². The van der Waals surface area contributed by atoms with Gasteiger partial charge < -0.3 is 10.6 Å². The fourth-order valence-corrected chi connectivity index (χ4v) is 2.95. The number of carbonyl (C=O) groups excluding carboxylic acids is 2. The Morgan fingerprint density at radius 2 is 1.10 bits per heavy atom. The van der Waals surface area contributed by atoms with Gasteiger partial charge in [-0.15, -0.1) is 0 Å². The first-order valence-electron chi connectivity index (χ1n) is 10.2. The van der Waals surface area contributed by atoms with Crippen LogP contribution in [0, 0.1) is 0 Å². The molecule has 2 amide bonds. The van der Waals surface area contributed by atoms with Gasteiger partial charge in [0, 0.05) is 23.7 Å². The van der Waals surface area contributed by atoms with Crippen molar-refractivity contribution in [2.75, 3.05) is 6.54 Å². The zero-order valence-electron chi connectivity index (χ0n) is 18.7. The number of hydrogen-bond acceptors (Lipinski definition) is 2. The molecule has 0 bridgehead atoms. The first kappa shape index (κ1) is 22.7. The minimum atomic E-state index is -0.178. The molecule has 0 fully saturated rings. The van der Waals surface area contributed by atoms with Gasteiger partial charge in [-0.05, 0) is 53.1 Å². The van der Waals surface area contributed by atoms with Crippen LogP contribution in [0.3, 0.4) is 0 Å². The van der Waals surface area contributed by atoms with Crippen molar-refractivity contribution in [1.82, 2.24) is 10.6 Å². The van der Waals surface area contributed by atoms with Crippen LogP contribution >= 0.6 is 0 Å². The van der Waals surface area contributed by atoms with E-state index in [0.717, 1.165) is 0 Å². The molecule has 0 aliphatic heterocycles. The predicted octanol–water partition coefficient (Wildman–Crippen LogP) is 4.83.